The van der Waals surface area contributed by atoms with E-state index in [0.29, 0.717) is 0 Å². The Morgan fingerprint density at radius 1 is 1.20 bits per heavy atom. The first-order valence-electron chi connectivity index (χ1n) is 6.80. The number of hydrogen-bond donors (Lipinski definition) is 1. The van der Waals surface area contributed by atoms with E-state index < -0.39 is 0 Å². The quantitative estimate of drug-likeness (QED) is 0.764. The van der Waals surface area contributed by atoms with E-state index in [4.69, 9.17) is 10.5 Å². The summed E-state index contributed by atoms with van der Waals surface area (Å²) in [6, 6.07) is 10.6. The molecule has 0 radical (unpaired) electrons. The highest BCUT2D eigenvalue weighted by Crippen LogP contribution is 2.39. The minimum absolute atomic E-state index is 0.0901. The molecule has 1 aromatic carbocycles. The van der Waals surface area contributed by atoms with E-state index in [9.17, 15) is 0 Å². The van der Waals surface area contributed by atoms with Gasteiger partial charge >= 0.3 is 0 Å². The van der Waals surface area contributed by atoms with Crippen molar-refractivity contribution in [1.29, 1.82) is 0 Å². The monoisotopic (exact) mass is 301 g/mol. The molecule has 4 rings (SSSR count). The summed E-state index contributed by atoms with van der Waals surface area (Å²) in [7, 11) is 0. The van der Waals surface area contributed by atoms with Crippen molar-refractivity contribution in [2.24, 2.45) is 5.73 Å². The Labute approximate surface area is 125 Å². The number of rotatable bonds is 2. The molecule has 0 spiro atoms. The van der Waals surface area contributed by atoms with Crippen molar-refractivity contribution in [3.05, 3.63) is 51.7 Å². The number of para-hydroxylation sites is 1. The van der Waals surface area contributed by atoms with Gasteiger partial charge in [-0.3, -0.25) is 0 Å². The van der Waals surface area contributed by atoms with Crippen LogP contribution in [0.3, 0.4) is 0 Å². The summed E-state index contributed by atoms with van der Waals surface area (Å²) in [5.74, 6) is 1.02. The average Bonchev–Trinajstić information content (AvgIpc) is 3.07. The molecule has 2 N–H and O–H groups in total. The first-order valence-corrected chi connectivity index (χ1v) is 8.49. The molecule has 0 bridgehead atoms. The van der Waals surface area contributed by atoms with Crippen LogP contribution in [0.5, 0.6) is 5.75 Å². The molecular weight excluding hydrogens is 286 g/mol. The summed E-state index contributed by atoms with van der Waals surface area (Å²) in [6.45, 7) is 0.802. The zero-order chi connectivity index (χ0) is 13.5. The highest BCUT2D eigenvalue weighted by molar-refractivity contribution is 7.27. The second-order valence-electron chi connectivity index (χ2n) is 5.06. The fourth-order valence-corrected chi connectivity index (χ4v) is 4.89. The Morgan fingerprint density at radius 2 is 2.15 bits per heavy atom. The standard InChI is InChI=1S/C16H15NOS2/c17-15(14-9-13-12(20-14)6-8-19-13)11-5-1-3-10-4-2-7-18-16(10)11/h1,3,5-6,8-9,15H,2,4,7,17H2. The normalized spacial score (nSPS) is 15.8. The molecule has 20 heavy (non-hydrogen) atoms. The van der Waals surface area contributed by atoms with Gasteiger partial charge in [-0.1, -0.05) is 18.2 Å². The minimum Gasteiger partial charge on any atom is -0.493 e. The van der Waals surface area contributed by atoms with Gasteiger partial charge in [0.1, 0.15) is 5.75 Å². The van der Waals surface area contributed by atoms with Gasteiger partial charge < -0.3 is 10.5 Å². The molecule has 1 unspecified atom stereocenters. The van der Waals surface area contributed by atoms with E-state index in [1.165, 1.54) is 19.8 Å². The third kappa shape index (κ3) is 1.95. The summed E-state index contributed by atoms with van der Waals surface area (Å²) < 4.78 is 8.53. The van der Waals surface area contributed by atoms with Crippen LogP contribution in [0.2, 0.25) is 0 Å². The lowest BCUT2D eigenvalue weighted by Gasteiger charge is -2.22. The molecule has 1 atom stereocenters. The molecule has 3 heterocycles. The number of hydrogen-bond acceptors (Lipinski definition) is 4. The van der Waals surface area contributed by atoms with Gasteiger partial charge in [0.15, 0.2) is 0 Å². The molecule has 2 nitrogen and oxygen atoms in total. The smallest absolute Gasteiger partial charge is 0.127 e. The minimum atomic E-state index is -0.0901. The van der Waals surface area contributed by atoms with E-state index >= 15 is 0 Å². The molecule has 1 aliphatic rings. The summed E-state index contributed by atoms with van der Waals surface area (Å²) in [4.78, 5) is 1.22. The Balaban J connectivity index is 1.78. The van der Waals surface area contributed by atoms with Crippen molar-refractivity contribution in [3.8, 4) is 5.75 Å². The van der Waals surface area contributed by atoms with Crippen LogP contribution in [0.1, 0.15) is 28.5 Å². The molecular formula is C16H15NOS2. The van der Waals surface area contributed by atoms with Crippen molar-refractivity contribution in [2.45, 2.75) is 18.9 Å². The lowest BCUT2D eigenvalue weighted by atomic mass is 9.97. The van der Waals surface area contributed by atoms with Crippen molar-refractivity contribution in [1.82, 2.24) is 0 Å². The van der Waals surface area contributed by atoms with Crippen LogP contribution < -0.4 is 10.5 Å². The molecule has 0 saturated heterocycles. The molecule has 0 aliphatic carbocycles. The van der Waals surface area contributed by atoms with Crippen molar-refractivity contribution in [3.63, 3.8) is 0 Å². The summed E-state index contributed by atoms with van der Waals surface area (Å²) in [5.41, 5.74) is 8.91. The number of thiophene rings is 2. The second-order valence-corrected chi connectivity index (χ2v) is 7.13. The van der Waals surface area contributed by atoms with Gasteiger partial charge in [0, 0.05) is 19.8 Å². The first-order chi connectivity index (χ1) is 9.83. The lowest BCUT2D eigenvalue weighted by molar-refractivity contribution is 0.284. The molecule has 1 aliphatic heterocycles. The lowest BCUT2D eigenvalue weighted by Crippen LogP contribution is -2.16. The number of ether oxygens (including phenoxy) is 1. The van der Waals surface area contributed by atoms with Crippen LogP contribution in [-0.4, -0.2) is 6.61 Å². The average molecular weight is 301 g/mol. The molecule has 0 amide bonds. The zero-order valence-electron chi connectivity index (χ0n) is 11.0. The maximum absolute atomic E-state index is 6.50. The molecule has 2 aromatic heterocycles. The van der Waals surface area contributed by atoms with Crippen LogP contribution in [0.15, 0.2) is 35.7 Å². The Morgan fingerprint density at radius 3 is 3.05 bits per heavy atom. The summed E-state index contributed by atoms with van der Waals surface area (Å²) in [5, 5.41) is 2.13. The Kier molecular flexibility index (Phi) is 3.02. The highest BCUT2D eigenvalue weighted by atomic mass is 32.1. The predicted molar refractivity (Wildman–Crippen MR) is 86.0 cm³/mol. The van der Waals surface area contributed by atoms with Gasteiger partial charge in [-0.15, -0.1) is 22.7 Å². The molecule has 102 valence electrons. The maximum Gasteiger partial charge on any atom is 0.127 e. The Bertz CT molecular complexity index is 730. The molecule has 0 saturated carbocycles. The van der Waals surface area contributed by atoms with E-state index in [0.717, 1.165) is 30.8 Å². The summed E-state index contributed by atoms with van der Waals surface area (Å²) in [6.07, 6.45) is 2.19. The fourth-order valence-electron chi connectivity index (χ4n) is 2.75. The number of aryl methyl sites for hydroxylation is 1. The van der Waals surface area contributed by atoms with Gasteiger partial charge in [0.25, 0.3) is 0 Å². The topological polar surface area (TPSA) is 35.2 Å². The largest absolute Gasteiger partial charge is 0.493 e. The van der Waals surface area contributed by atoms with Crippen LogP contribution in [0.4, 0.5) is 0 Å². The van der Waals surface area contributed by atoms with Gasteiger partial charge in [0.05, 0.1) is 12.6 Å². The summed E-state index contributed by atoms with van der Waals surface area (Å²) >= 11 is 3.56. The Hall–Kier alpha value is -1.36. The second kappa shape index (κ2) is 4.88. The van der Waals surface area contributed by atoms with E-state index in [1.807, 2.05) is 0 Å². The van der Waals surface area contributed by atoms with Gasteiger partial charge in [-0.2, -0.15) is 0 Å². The number of fused-ring (bicyclic) bond motifs is 2. The van der Waals surface area contributed by atoms with Crippen molar-refractivity contribution in [2.75, 3.05) is 6.61 Å². The van der Waals surface area contributed by atoms with Gasteiger partial charge in [0.2, 0.25) is 0 Å². The first kappa shape index (κ1) is 12.4. The molecule has 4 heteroatoms. The molecule has 0 fully saturated rings. The van der Waals surface area contributed by atoms with Crippen LogP contribution in [0, 0.1) is 0 Å². The maximum atomic E-state index is 6.50. The molecule has 3 aromatic rings. The van der Waals surface area contributed by atoms with Crippen LogP contribution in [0.25, 0.3) is 9.40 Å². The van der Waals surface area contributed by atoms with E-state index in [1.54, 1.807) is 22.7 Å². The van der Waals surface area contributed by atoms with Crippen LogP contribution >= 0.6 is 22.7 Å². The van der Waals surface area contributed by atoms with E-state index in [2.05, 4.69) is 35.7 Å². The van der Waals surface area contributed by atoms with Crippen molar-refractivity contribution >= 4 is 32.1 Å². The highest BCUT2D eigenvalue weighted by Gasteiger charge is 2.21. The number of nitrogens with two attached hydrogens (primary N) is 1. The van der Waals surface area contributed by atoms with Gasteiger partial charge in [-0.05, 0) is 35.9 Å². The zero-order valence-corrected chi connectivity index (χ0v) is 12.6. The SMILES string of the molecule is NC(c1cc2sccc2s1)c1cccc2c1OCCC2. The predicted octanol–water partition coefficient (Wildman–Crippen LogP) is 4.34. The van der Waals surface area contributed by atoms with Gasteiger partial charge in [-0.25, -0.2) is 0 Å². The fraction of sp³-hybridized carbons (Fsp3) is 0.250. The third-order valence-electron chi connectivity index (χ3n) is 3.76. The van der Waals surface area contributed by atoms with Crippen LogP contribution in [-0.2, 0) is 6.42 Å². The third-order valence-corrected chi connectivity index (χ3v) is 5.94. The number of benzene rings is 1. The van der Waals surface area contributed by atoms with E-state index in [-0.39, 0.29) is 6.04 Å². The van der Waals surface area contributed by atoms with Crippen molar-refractivity contribution < 1.29 is 4.74 Å².